The van der Waals surface area contributed by atoms with Crippen LogP contribution in [0.1, 0.15) is 49.0 Å². The lowest BCUT2D eigenvalue weighted by molar-refractivity contribution is -0.278. The molecule has 0 radical (unpaired) electrons. The van der Waals surface area contributed by atoms with Gasteiger partial charge in [0.25, 0.3) is 0 Å². The summed E-state index contributed by atoms with van der Waals surface area (Å²) in [5.41, 5.74) is 1.76. The highest BCUT2D eigenvalue weighted by molar-refractivity contribution is 5.59. The standard InChI is InChI=1S/C25H33FN2O9/c1-4-34-25(32)35-12-19-20(29)21(30)22(31)24(36-19)37-23-17(13(2)28(27-23)15-6-5-7-15)10-14-8-9-16(33-3)11-18(14)26/h8-9,11,15,19-22,24,29-31H,4-7,10,12H2,1-3H3/t19-,20-,21+,22-,24+/m1/s1. The van der Waals surface area contributed by atoms with E-state index in [4.69, 9.17) is 23.7 Å². The summed E-state index contributed by atoms with van der Waals surface area (Å²) in [4.78, 5) is 11.6. The summed E-state index contributed by atoms with van der Waals surface area (Å²) in [5.74, 6) is 0.0454. The van der Waals surface area contributed by atoms with Crippen molar-refractivity contribution in [1.29, 1.82) is 0 Å². The SMILES string of the molecule is CCOC(=O)OC[C@H]1O[C@@H](Oc2nn(C3CCC3)c(C)c2Cc2ccc(OC)cc2F)[C@H](O)[C@@H](O)[C@@H]1O. The first kappa shape index (κ1) is 27.1. The molecule has 2 fully saturated rings. The number of aromatic nitrogens is 2. The summed E-state index contributed by atoms with van der Waals surface area (Å²) in [6.45, 7) is 3.13. The number of ether oxygens (including phenoxy) is 5. The second-order valence-corrected chi connectivity index (χ2v) is 9.16. The van der Waals surface area contributed by atoms with Gasteiger partial charge in [-0.15, -0.1) is 5.10 Å². The van der Waals surface area contributed by atoms with E-state index in [1.165, 1.54) is 13.2 Å². The van der Waals surface area contributed by atoms with Gasteiger partial charge in [-0.25, -0.2) is 9.18 Å². The molecule has 12 heteroatoms. The molecule has 1 aliphatic heterocycles. The molecule has 1 aromatic carbocycles. The maximum atomic E-state index is 14.8. The highest BCUT2D eigenvalue weighted by atomic mass is 19.1. The Hall–Kier alpha value is -2.93. The van der Waals surface area contributed by atoms with Crippen molar-refractivity contribution in [2.75, 3.05) is 20.3 Å². The Kier molecular flexibility index (Phi) is 8.53. The largest absolute Gasteiger partial charge is 0.508 e. The molecule has 4 rings (SSSR count). The Balaban J connectivity index is 1.58. The molecular weight excluding hydrogens is 491 g/mol. The molecule has 2 aromatic rings. The summed E-state index contributed by atoms with van der Waals surface area (Å²) in [5, 5.41) is 35.9. The molecule has 1 saturated carbocycles. The van der Waals surface area contributed by atoms with E-state index in [1.54, 1.807) is 19.1 Å². The van der Waals surface area contributed by atoms with Gasteiger partial charge in [-0.2, -0.15) is 0 Å². The Labute approximate surface area is 213 Å². The number of nitrogens with zero attached hydrogens (tertiary/aromatic N) is 2. The summed E-state index contributed by atoms with van der Waals surface area (Å²) in [6, 6.07) is 4.74. The van der Waals surface area contributed by atoms with Crippen molar-refractivity contribution in [2.45, 2.75) is 76.3 Å². The van der Waals surface area contributed by atoms with Crippen LogP contribution in [0.3, 0.4) is 0 Å². The minimum atomic E-state index is -1.65. The number of hydrogen-bond acceptors (Lipinski definition) is 10. The molecule has 1 saturated heterocycles. The van der Waals surface area contributed by atoms with E-state index in [2.05, 4.69) is 5.10 Å². The first-order valence-corrected chi connectivity index (χ1v) is 12.3. The van der Waals surface area contributed by atoms with Gasteiger partial charge in [0.2, 0.25) is 12.2 Å². The van der Waals surface area contributed by atoms with Crippen LogP contribution in [0.4, 0.5) is 9.18 Å². The summed E-state index contributed by atoms with van der Waals surface area (Å²) in [6.07, 6.45) is -5.34. The van der Waals surface area contributed by atoms with E-state index in [1.807, 2.05) is 11.6 Å². The van der Waals surface area contributed by atoms with Gasteiger partial charge < -0.3 is 39.0 Å². The van der Waals surface area contributed by atoms with Crippen LogP contribution < -0.4 is 9.47 Å². The zero-order valence-electron chi connectivity index (χ0n) is 21.0. The molecule has 204 valence electrons. The van der Waals surface area contributed by atoms with Gasteiger partial charge in [0, 0.05) is 23.7 Å². The van der Waals surface area contributed by atoms with Crippen molar-refractivity contribution in [2.24, 2.45) is 0 Å². The van der Waals surface area contributed by atoms with Crippen LogP contribution >= 0.6 is 0 Å². The van der Waals surface area contributed by atoms with Gasteiger partial charge in [0.1, 0.15) is 42.6 Å². The van der Waals surface area contributed by atoms with Crippen LogP contribution in [-0.4, -0.2) is 82.3 Å². The van der Waals surface area contributed by atoms with Crippen molar-refractivity contribution in [3.8, 4) is 11.6 Å². The van der Waals surface area contributed by atoms with E-state index >= 15 is 0 Å². The Bertz CT molecular complexity index is 1090. The smallest absolute Gasteiger partial charge is 0.497 e. The predicted molar refractivity (Wildman–Crippen MR) is 126 cm³/mol. The maximum Gasteiger partial charge on any atom is 0.508 e. The molecule has 2 aliphatic rings. The van der Waals surface area contributed by atoms with Crippen molar-refractivity contribution in [3.63, 3.8) is 0 Å². The molecule has 1 aliphatic carbocycles. The summed E-state index contributed by atoms with van der Waals surface area (Å²) >= 11 is 0. The second-order valence-electron chi connectivity index (χ2n) is 9.16. The van der Waals surface area contributed by atoms with Crippen LogP contribution in [0.2, 0.25) is 0 Å². The summed E-state index contributed by atoms with van der Waals surface area (Å²) < 4.78 is 42.9. The number of hydrogen-bond donors (Lipinski definition) is 3. The zero-order valence-corrected chi connectivity index (χ0v) is 21.0. The molecule has 1 aromatic heterocycles. The van der Waals surface area contributed by atoms with E-state index in [9.17, 15) is 24.5 Å². The molecule has 37 heavy (non-hydrogen) atoms. The number of halogens is 1. The molecular formula is C25H33FN2O9. The van der Waals surface area contributed by atoms with E-state index in [0.717, 1.165) is 25.0 Å². The normalized spacial score (nSPS) is 25.9. The average molecular weight is 525 g/mol. The number of carbonyl (C=O) groups excluding carboxylic acids is 1. The highest BCUT2D eigenvalue weighted by Crippen LogP contribution is 2.37. The number of aliphatic hydroxyl groups excluding tert-OH is 3. The Morgan fingerprint density at radius 2 is 1.95 bits per heavy atom. The lowest BCUT2D eigenvalue weighted by Crippen LogP contribution is -2.60. The average Bonchev–Trinajstić information content (AvgIpc) is 3.13. The Morgan fingerprint density at radius 3 is 2.57 bits per heavy atom. The lowest BCUT2D eigenvalue weighted by Gasteiger charge is -2.39. The third-order valence-corrected chi connectivity index (χ3v) is 6.81. The van der Waals surface area contributed by atoms with Crippen LogP contribution in [0, 0.1) is 12.7 Å². The van der Waals surface area contributed by atoms with Gasteiger partial charge >= 0.3 is 6.16 Å². The molecule has 3 N–H and O–H groups in total. The molecule has 0 spiro atoms. The third-order valence-electron chi connectivity index (χ3n) is 6.81. The van der Waals surface area contributed by atoms with Gasteiger partial charge in [0.05, 0.1) is 19.8 Å². The van der Waals surface area contributed by atoms with Gasteiger partial charge in [-0.05, 0) is 44.7 Å². The molecule has 0 amide bonds. The zero-order chi connectivity index (χ0) is 26.7. The topological polar surface area (TPSA) is 142 Å². The van der Waals surface area contributed by atoms with Gasteiger partial charge in [0.15, 0.2) is 0 Å². The maximum absolute atomic E-state index is 14.8. The highest BCUT2D eigenvalue weighted by Gasteiger charge is 2.46. The molecule has 5 atom stereocenters. The van der Waals surface area contributed by atoms with Gasteiger partial charge in [-0.1, -0.05) is 6.07 Å². The summed E-state index contributed by atoms with van der Waals surface area (Å²) in [7, 11) is 1.46. The van der Waals surface area contributed by atoms with Gasteiger partial charge in [-0.3, -0.25) is 4.68 Å². The number of benzene rings is 1. The minimum absolute atomic E-state index is 0.0978. The van der Waals surface area contributed by atoms with E-state index < -0.39 is 49.3 Å². The number of aliphatic hydroxyl groups is 3. The van der Waals surface area contributed by atoms with Crippen molar-refractivity contribution in [3.05, 3.63) is 40.8 Å². The molecule has 0 bridgehead atoms. The number of methoxy groups -OCH3 is 1. The third kappa shape index (κ3) is 5.82. The second kappa shape index (κ2) is 11.6. The minimum Gasteiger partial charge on any atom is -0.497 e. The fraction of sp³-hybridized carbons (Fsp3) is 0.600. The first-order valence-electron chi connectivity index (χ1n) is 12.3. The number of carbonyl (C=O) groups is 1. The van der Waals surface area contributed by atoms with Crippen LogP contribution in [-0.2, 0) is 20.6 Å². The molecule has 11 nitrogen and oxygen atoms in total. The van der Waals surface area contributed by atoms with Crippen LogP contribution in [0.25, 0.3) is 0 Å². The quantitative estimate of drug-likeness (QED) is 0.417. The molecule has 0 unspecified atom stereocenters. The van der Waals surface area contributed by atoms with E-state index in [0.29, 0.717) is 16.9 Å². The molecule has 2 heterocycles. The predicted octanol–water partition coefficient (Wildman–Crippen LogP) is 2.01. The fourth-order valence-electron chi connectivity index (χ4n) is 4.37. The van der Waals surface area contributed by atoms with Crippen LogP contribution in [0.5, 0.6) is 11.6 Å². The fourth-order valence-corrected chi connectivity index (χ4v) is 4.37. The lowest BCUT2D eigenvalue weighted by atomic mass is 9.93. The van der Waals surface area contributed by atoms with Crippen molar-refractivity contribution < 1.29 is 48.2 Å². The van der Waals surface area contributed by atoms with Crippen molar-refractivity contribution in [1.82, 2.24) is 9.78 Å². The monoisotopic (exact) mass is 524 g/mol. The van der Waals surface area contributed by atoms with Crippen LogP contribution in [0.15, 0.2) is 18.2 Å². The number of rotatable bonds is 9. The first-order chi connectivity index (χ1) is 17.7. The van der Waals surface area contributed by atoms with Crippen molar-refractivity contribution >= 4 is 6.16 Å². The Morgan fingerprint density at radius 1 is 1.19 bits per heavy atom. The van der Waals surface area contributed by atoms with E-state index in [-0.39, 0.29) is 24.9 Å².